The Morgan fingerprint density at radius 3 is 2.72 bits per heavy atom. The van der Waals surface area contributed by atoms with E-state index in [9.17, 15) is 5.11 Å². The minimum Gasteiger partial charge on any atom is -0.409 e. The van der Waals surface area contributed by atoms with Crippen LogP contribution in [0.25, 0.3) is 0 Å². The molecular weight excluding hydrogens is 230 g/mol. The van der Waals surface area contributed by atoms with Crippen molar-refractivity contribution in [3.8, 4) is 0 Å². The Bertz CT molecular complexity index is 303. The fourth-order valence-electron chi connectivity index (χ4n) is 3.07. The molecular formula is C13H25N3O2. The zero-order chi connectivity index (χ0) is 13.0. The zero-order valence-corrected chi connectivity index (χ0v) is 11.0. The van der Waals surface area contributed by atoms with Crippen LogP contribution in [0.3, 0.4) is 0 Å². The van der Waals surface area contributed by atoms with Crippen molar-refractivity contribution in [2.75, 3.05) is 19.7 Å². The topological polar surface area (TPSA) is 82.1 Å². The van der Waals surface area contributed by atoms with Crippen LogP contribution in [0.15, 0.2) is 5.16 Å². The van der Waals surface area contributed by atoms with Gasteiger partial charge in [0.15, 0.2) is 0 Å². The lowest BCUT2D eigenvalue weighted by Crippen LogP contribution is -2.42. The second-order valence-electron chi connectivity index (χ2n) is 5.92. The standard InChI is InChI=1S/C13H25N3O2/c14-12(15-18)8-13(5-6-13)10-16-7-3-1-2-4-11(16)9-17/h11,17-18H,1-10H2,(H2,14,15). The highest BCUT2D eigenvalue weighted by Crippen LogP contribution is 2.49. The molecule has 18 heavy (non-hydrogen) atoms. The van der Waals surface area contributed by atoms with E-state index in [4.69, 9.17) is 10.9 Å². The van der Waals surface area contributed by atoms with Crippen molar-refractivity contribution in [1.29, 1.82) is 0 Å². The molecule has 1 heterocycles. The van der Waals surface area contributed by atoms with Gasteiger partial charge in [-0.15, -0.1) is 0 Å². The van der Waals surface area contributed by atoms with E-state index in [1.807, 2.05) is 0 Å². The summed E-state index contributed by atoms with van der Waals surface area (Å²) >= 11 is 0. The van der Waals surface area contributed by atoms with Crippen molar-refractivity contribution in [2.24, 2.45) is 16.3 Å². The molecule has 0 amide bonds. The maximum absolute atomic E-state index is 9.50. The van der Waals surface area contributed by atoms with Crippen LogP contribution in [0, 0.1) is 5.41 Å². The number of aliphatic hydroxyl groups is 1. The van der Waals surface area contributed by atoms with Crippen LogP contribution >= 0.6 is 0 Å². The van der Waals surface area contributed by atoms with Gasteiger partial charge in [0.1, 0.15) is 5.84 Å². The first kappa shape index (κ1) is 13.6. The Balaban J connectivity index is 1.94. The summed E-state index contributed by atoms with van der Waals surface area (Å²) in [4.78, 5) is 2.42. The van der Waals surface area contributed by atoms with Crippen LogP contribution < -0.4 is 5.73 Å². The maximum atomic E-state index is 9.50. The van der Waals surface area contributed by atoms with Gasteiger partial charge >= 0.3 is 0 Å². The number of hydrogen-bond donors (Lipinski definition) is 3. The summed E-state index contributed by atoms with van der Waals surface area (Å²) < 4.78 is 0. The average Bonchev–Trinajstić information content (AvgIpc) is 3.14. The van der Waals surface area contributed by atoms with Gasteiger partial charge in [-0.05, 0) is 37.6 Å². The first-order valence-electron chi connectivity index (χ1n) is 7.00. The van der Waals surface area contributed by atoms with E-state index >= 15 is 0 Å². The molecule has 5 heteroatoms. The van der Waals surface area contributed by atoms with E-state index in [0.29, 0.717) is 18.3 Å². The molecule has 5 nitrogen and oxygen atoms in total. The lowest BCUT2D eigenvalue weighted by Gasteiger charge is -2.32. The summed E-state index contributed by atoms with van der Waals surface area (Å²) in [6.07, 6.45) is 7.77. The molecule has 104 valence electrons. The Morgan fingerprint density at radius 1 is 1.33 bits per heavy atom. The van der Waals surface area contributed by atoms with Crippen LogP contribution in [0.4, 0.5) is 0 Å². The number of hydrogen-bond acceptors (Lipinski definition) is 4. The number of amidine groups is 1. The summed E-state index contributed by atoms with van der Waals surface area (Å²) in [7, 11) is 0. The molecule has 1 aliphatic carbocycles. The Morgan fingerprint density at radius 2 is 2.11 bits per heavy atom. The van der Waals surface area contributed by atoms with Crippen LogP contribution in [0.1, 0.15) is 44.9 Å². The van der Waals surface area contributed by atoms with Crippen LogP contribution in [0.5, 0.6) is 0 Å². The fraction of sp³-hybridized carbons (Fsp3) is 0.923. The van der Waals surface area contributed by atoms with Gasteiger partial charge in [0, 0.05) is 19.0 Å². The van der Waals surface area contributed by atoms with Gasteiger partial charge in [0.25, 0.3) is 0 Å². The molecule has 0 spiro atoms. The molecule has 0 aromatic heterocycles. The highest BCUT2D eigenvalue weighted by atomic mass is 16.4. The third-order valence-corrected chi connectivity index (χ3v) is 4.39. The summed E-state index contributed by atoms with van der Waals surface area (Å²) in [5.74, 6) is 0.336. The van der Waals surface area contributed by atoms with Crippen molar-refractivity contribution < 1.29 is 10.3 Å². The molecule has 1 aliphatic heterocycles. The van der Waals surface area contributed by atoms with E-state index in [1.165, 1.54) is 19.3 Å². The molecule has 0 radical (unpaired) electrons. The first-order valence-corrected chi connectivity index (χ1v) is 7.00. The van der Waals surface area contributed by atoms with Crippen LogP contribution in [-0.4, -0.2) is 46.8 Å². The van der Waals surface area contributed by atoms with E-state index in [0.717, 1.165) is 32.4 Å². The van der Waals surface area contributed by atoms with Crippen molar-refractivity contribution in [2.45, 2.75) is 51.0 Å². The van der Waals surface area contributed by atoms with Crippen LogP contribution in [-0.2, 0) is 0 Å². The molecule has 0 aromatic carbocycles. The normalized spacial score (nSPS) is 28.9. The lowest BCUT2D eigenvalue weighted by atomic mass is 9.99. The average molecular weight is 255 g/mol. The van der Waals surface area contributed by atoms with Gasteiger partial charge in [-0.25, -0.2) is 0 Å². The number of oxime groups is 1. The van der Waals surface area contributed by atoms with Gasteiger partial charge in [-0.3, -0.25) is 4.90 Å². The minimum atomic E-state index is 0.202. The lowest BCUT2D eigenvalue weighted by molar-refractivity contribution is 0.104. The molecule has 1 saturated carbocycles. The van der Waals surface area contributed by atoms with Crippen molar-refractivity contribution in [3.63, 3.8) is 0 Å². The molecule has 2 fully saturated rings. The van der Waals surface area contributed by atoms with E-state index in [1.54, 1.807) is 0 Å². The summed E-state index contributed by atoms with van der Waals surface area (Å²) in [6.45, 7) is 2.30. The largest absolute Gasteiger partial charge is 0.409 e. The predicted molar refractivity (Wildman–Crippen MR) is 70.6 cm³/mol. The Kier molecular flexibility index (Phi) is 4.45. The van der Waals surface area contributed by atoms with E-state index in [-0.39, 0.29) is 12.0 Å². The van der Waals surface area contributed by atoms with Gasteiger partial charge in [-0.1, -0.05) is 18.0 Å². The van der Waals surface area contributed by atoms with E-state index in [2.05, 4.69) is 10.1 Å². The molecule has 2 aliphatic rings. The number of rotatable bonds is 5. The monoisotopic (exact) mass is 255 g/mol. The number of likely N-dealkylation sites (tertiary alicyclic amines) is 1. The Labute approximate surface area is 109 Å². The highest BCUT2D eigenvalue weighted by molar-refractivity contribution is 5.80. The second-order valence-corrected chi connectivity index (χ2v) is 5.92. The number of nitrogens with zero attached hydrogens (tertiary/aromatic N) is 2. The van der Waals surface area contributed by atoms with Gasteiger partial charge in [0.2, 0.25) is 0 Å². The molecule has 1 unspecified atom stereocenters. The van der Waals surface area contributed by atoms with Crippen molar-refractivity contribution in [1.82, 2.24) is 4.90 Å². The number of nitrogens with two attached hydrogens (primary N) is 1. The summed E-state index contributed by atoms with van der Waals surface area (Å²) in [6, 6.07) is 0.303. The molecule has 1 atom stereocenters. The second kappa shape index (κ2) is 5.89. The molecule has 1 saturated heterocycles. The minimum absolute atomic E-state index is 0.202. The molecule has 0 bridgehead atoms. The predicted octanol–water partition coefficient (Wildman–Crippen LogP) is 1.14. The summed E-state index contributed by atoms with van der Waals surface area (Å²) in [5.41, 5.74) is 5.84. The smallest absolute Gasteiger partial charge is 0.139 e. The van der Waals surface area contributed by atoms with Gasteiger partial charge in [0.05, 0.1) is 6.61 Å². The van der Waals surface area contributed by atoms with Gasteiger partial charge < -0.3 is 16.0 Å². The van der Waals surface area contributed by atoms with Crippen LogP contribution in [0.2, 0.25) is 0 Å². The number of aliphatic hydroxyl groups excluding tert-OH is 1. The third kappa shape index (κ3) is 3.36. The zero-order valence-electron chi connectivity index (χ0n) is 11.0. The van der Waals surface area contributed by atoms with Gasteiger partial charge in [-0.2, -0.15) is 0 Å². The van der Waals surface area contributed by atoms with E-state index < -0.39 is 0 Å². The quantitative estimate of drug-likeness (QED) is 0.298. The highest BCUT2D eigenvalue weighted by Gasteiger charge is 2.45. The maximum Gasteiger partial charge on any atom is 0.139 e. The fourth-order valence-corrected chi connectivity index (χ4v) is 3.07. The molecule has 4 N–H and O–H groups in total. The van der Waals surface area contributed by atoms with Crippen molar-refractivity contribution >= 4 is 5.84 Å². The Hall–Kier alpha value is -0.810. The molecule has 0 aromatic rings. The third-order valence-electron chi connectivity index (χ3n) is 4.39. The van der Waals surface area contributed by atoms with Crippen molar-refractivity contribution in [3.05, 3.63) is 0 Å². The summed E-state index contributed by atoms with van der Waals surface area (Å²) in [5, 5.41) is 21.3. The molecule has 2 rings (SSSR count). The first-order chi connectivity index (χ1) is 8.69. The SMILES string of the molecule is NC(CC1(CN2CCCCCC2CO)CC1)=NO.